The van der Waals surface area contributed by atoms with Gasteiger partial charge in [0.1, 0.15) is 6.10 Å². The predicted octanol–water partition coefficient (Wildman–Crippen LogP) is 0.531. The van der Waals surface area contributed by atoms with Gasteiger partial charge in [-0.05, 0) is 12.8 Å². The lowest BCUT2D eigenvalue weighted by molar-refractivity contribution is -0.149. The van der Waals surface area contributed by atoms with E-state index in [1.807, 2.05) is 0 Å². The van der Waals surface area contributed by atoms with Crippen LogP contribution in [-0.4, -0.2) is 55.6 Å². The maximum absolute atomic E-state index is 11.7. The van der Waals surface area contributed by atoms with E-state index >= 15 is 0 Å². The number of cyclic esters (lactones) is 1. The number of likely N-dealkylation sites (tertiary alicyclic amines) is 1. The highest BCUT2D eigenvalue weighted by Crippen LogP contribution is 2.54. The van der Waals surface area contributed by atoms with Crippen molar-refractivity contribution >= 4 is 5.97 Å². The van der Waals surface area contributed by atoms with Crippen LogP contribution < -0.4 is 0 Å². The van der Waals surface area contributed by atoms with Crippen molar-refractivity contribution in [1.82, 2.24) is 4.90 Å². The maximum Gasteiger partial charge on any atom is 0.312 e. The predicted molar refractivity (Wildman–Crippen MR) is 61.9 cm³/mol. The van der Waals surface area contributed by atoms with Crippen LogP contribution in [0.1, 0.15) is 25.7 Å². The molecule has 0 bridgehead atoms. The number of ether oxygens (including phenoxy) is 3. The fourth-order valence-electron chi connectivity index (χ4n) is 3.50. The van der Waals surface area contributed by atoms with Crippen molar-refractivity contribution in [3.05, 3.63) is 0 Å². The van der Waals surface area contributed by atoms with Crippen molar-refractivity contribution in [1.29, 1.82) is 0 Å². The van der Waals surface area contributed by atoms with Crippen molar-refractivity contribution in [3.8, 4) is 0 Å². The minimum absolute atomic E-state index is 0.0368. The zero-order valence-electron chi connectivity index (χ0n) is 10.5. The van der Waals surface area contributed by atoms with E-state index in [2.05, 4.69) is 4.90 Å². The third-order valence-electron chi connectivity index (χ3n) is 4.73. The molecule has 1 aliphatic carbocycles. The van der Waals surface area contributed by atoms with Gasteiger partial charge in [-0.1, -0.05) is 0 Å². The summed E-state index contributed by atoms with van der Waals surface area (Å²) in [7, 11) is 0. The topological polar surface area (TPSA) is 48.0 Å². The molecule has 0 radical (unpaired) electrons. The first-order valence-corrected chi connectivity index (χ1v) is 6.91. The molecule has 4 aliphatic rings. The molecule has 0 amide bonds. The van der Waals surface area contributed by atoms with Crippen molar-refractivity contribution in [2.45, 2.75) is 37.6 Å². The second kappa shape index (κ2) is 3.68. The monoisotopic (exact) mass is 253 g/mol. The molecule has 18 heavy (non-hydrogen) atoms. The van der Waals surface area contributed by atoms with E-state index in [-0.39, 0.29) is 23.3 Å². The number of esters is 1. The fraction of sp³-hybridized carbons (Fsp3) is 0.923. The Labute approximate surface area is 106 Å². The van der Waals surface area contributed by atoms with Gasteiger partial charge in [0.15, 0.2) is 5.79 Å². The molecule has 5 nitrogen and oxygen atoms in total. The highest BCUT2D eigenvalue weighted by atomic mass is 16.7. The molecule has 1 saturated carbocycles. The quantitative estimate of drug-likeness (QED) is 0.672. The summed E-state index contributed by atoms with van der Waals surface area (Å²) in [5, 5.41) is 0. The third kappa shape index (κ3) is 1.68. The molecule has 1 unspecified atom stereocenters. The Morgan fingerprint density at radius 1 is 1.22 bits per heavy atom. The van der Waals surface area contributed by atoms with E-state index in [0.717, 1.165) is 45.3 Å². The first-order valence-electron chi connectivity index (χ1n) is 6.91. The zero-order valence-corrected chi connectivity index (χ0v) is 10.5. The van der Waals surface area contributed by atoms with Crippen molar-refractivity contribution < 1.29 is 19.0 Å². The summed E-state index contributed by atoms with van der Waals surface area (Å²) in [5.41, 5.74) is -0.0809. The minimum atomic E-state index is -0.361. The van der Waals surface area contributed by atoms with Crippen LogP contribution >= 0.6 is 0 Å². The average molecular weight is 253 g/mol. The molecule has 0 aromatic heterocycles. The van der Waals surface area contributed by atoms with Crippen LogP contribution in [0.3, 0.4) is 0 Å². The van der Waals surface area contributed by atoms with Gasteiger partial charge in [0.25, 0.3) is 0 Å². The van der Waals surface area contributed by atoms with Gasteiger partial charge < -0.3 is 14.2 Å². The molecule has 0 aromatic rings. The van der Waals surface area contributed by atoms with Gasteiger partial charge in [-0.25, -0.2) is 0 Å². The average Bonchev–Trinajstić information content (AvgIpc) is 2.71. The maximum atomic E-state index is 11.7. The van der Waals surface area contributed by atoms with Gasteiger partial charge in [-0.15, -0.1) is 0 Å². The Kier molecular flexibility index (Phi) is 2.29. The number of carbonyl (C=O) groups is 1. The summed E-state index contributed by atoms with van der Waals surface area (Å²) < 4.78 is 16.9. The summed E-state index contributed by atoms with van der Waals surface area (Å²) in [5.74, 6) is -0.324. The fourth-order valence-corrected chi connectivity index (χ4v) is 3.50. The van der Waals surface area contributed by atoms with Crippen LogP contribution in [0.2, 0.25) is 0 Å². The highest BCUT2D eigenvalue weighted by Gasteiger charge is 2.58. The molecule has 100 valence electrons. The number of hydrogen-bond donors (Lipinski definition) is 0. The Hall–Kier alpha value is -0.650. The normalized spacial score (nSPS) is 36.7. The lowest BCUT2D eigenvalue weighted by Gasteiger charge is -2.23. The molecule has 3 saturated heterocycles. The van der Waals surface area contributed by atoms with E-state index in [4.69, 9.17) is 14.2 Å². The molecule has 2 spiro atoms. The molecule has 5 heteroatoms. The Balaban J connectivity index is 1.35. The minimum Gasteiger partial charge on any atom is -0.461 e. The number of nitrogens with zero attached hydrogens (tertiary/aromatic N) is 1. The third-order valence-corrected chi connectivity index (χ3v) is 4.73. The standard InChI is InChI=1S/C13H19NO4/c15-11-12(1-2-12)7-10(18-11)8-14-4-3-13(9-14)16-5-6-17-13/h10H,1-9H2. The smallest absolute Gasteiger partial charge is 0.312 e. The first kappa shape index (κ1) is 11.2. The molecular weight excluding hydrogens is 234 g/mol. The largest absolute Gasteiger partial charge is 0.461 e. The second-order valence-electron chi connectivity index (χ2n) is 6.10. The van der Waals surface area contributed by atoms with Crippen LogP contribution in [0.4, 0.5) is 0 Å². The molecule has 3 heterocycles. The molecule has 0 N–H and O–H groups in total. The Morgan fingerprint density at radius 2 is 2.00 bits per heavy atom. The van der Waals surface area contributed by atoms with Crippen molar-refractivity contribution in [2.75, 3.05) is 32.8 Å². The van der Waals surface area contributed by atoms with E-state index < -0.39 is 0 Å². The highest BCUT2D eigenvalue weighted by molar-refractivity contribution is 5.82. The van der Waals surface area contributed by atoms with E-state index in [9.17, 15) is 4.79 Å². The summed E-state index contributed by atoms with van der Waals surface area (Å²) in [6.07, 6.45) is 3.98. The number of carbonyl (C=O) groups excluding carboxylic acids is 1. The van der Waals surface area contributed by atoms with Gasteiger partial charge in [-0.3, -0.25) is 9.69 Å². The van der Waals surface area contributed by atoms with Crippen LogP contribution in [0, 0.1) is 5.41 Å². The molecule has 4 rings (SSSR count). The number of rotatable bonds is 2. The van der Waals surface area contributed by atoms with Crippen LogP contribution in [0.5, 0.6) is 0 Å². The van der Waals surface area contributed by atoms with Gasteiger partial charge in [0.2, 0.25) is 0 Å². The summed E-state index contributed by atoms with van der Waals surface area (Å²) in [4.78, 5) is 14.0. The van der Waals surface area contributed by atoms with Crippen molar-refractivity contribution in [2.24, 2.45) is 5.41 Å². The SMILES string of the molecule is O=C1OC(CN2CCC3(C2)OCCO3)CC12CC2. The molecule has 1 atom stereocenters. The Bertz CT molecular complexity index is 373. The lowest BCUT2D eigenvalue weighted by atomic mass is 10.0. The number of hydrogen-bond acceptors (Lipinski definition) is 5. The van der Waals surface area contributed by atoms with Crippen molar-refractivity contribution in [3.63, 3.8) is 0 Å². The van der Waals surface area contributed by atoms with E-state index in [1.54, 1.807) is 0 Å². The molecular formula is C13H19NO4. The zero-order chi connectivity index (χ0) is 12.2. The van der Waals surface area contributed by atoms with Gasteiger partial charge in [0, 0.05) is 25.9 Å². The van der Waals surface area contributed by atoms with E-state index in [0.29, 0.717) is 13.2 Å². The second-order valence-corrected chi connectivity index (χ2v) is 6.10. The van der Waals surface area contributed by atoms with Crippen LogP contribution in [-0.2, 0) is 19.0 Å². The summed E-state index contributed by atoms with van der Waals surface area (Å²) in [6, 6.07) is 0. The lowest BCUT2D eigenvalue weighted by Crippen LogP contribution is -2.37. The first-order chi connectivity index (χ1) is 8.70. The van der Waals surface area contributed by atoms with Crippen LogP contribution in [0.25, 0.3) is 0 Å². The van der Waals surface area contributed by atoms with Gasteiger partial charge in [-0.2, -0.15) is 0 Å². The Morgan fingerprint density at radius 3 is 2.67 bits per heavy atom. The van der Waals surface area contributed by atoms with E-state index in [1.165, 1.54) is 0 Å². The summed E-state index contributed by atoms with van der Waals surface area (Å²) in [6.45, 7) is 4.03. The molecule has 3 aliphatic heterocycles. The summed E-state index contributed by atoms with van der Waals surface area (Å²) >= 11 is 0. The molecule has 0 aromatic carbocycles. The molecule has 4 fully saturated rings. The van der Waals surface area contributed by atoms with Crippen LogP contribution in [0.15, 0.2) is 0 Å². The van der Waals surface area contributed by atoms with Gasteiger partial charge >= 0.3 is 5.97 Å². The van der Waals surface area contributed by atoms with Gasteiger partial charge in [0.05, 0.1) is 25.2 Å².